The van der Waals surface area contributed by atoms with E-state index in [1.165, 1.54) is 0 Å². The van der Waals surface area contributed by atoms with Crippen molar-refractivity contribution >= 4 is 53.0 Å². The van der Waals surface area contributed by atoms with Crippen molar-refractivity contribution in [1.82, 2.24) is 4.90 Å². The number of carbonyl (C=O) groups is 1. The van der Waals surface area contributed by atoms with E-state index < -0.39 is 22.2 Å². The molecule has 0 spiro atoms. The van der Waals surface area contributed by atoms with E-state index in [0.717, 1.165) is 4.90 Å². The van der Waals surface area contributed by atoms with Crippen LogP contribution in [0.3, 0.4) is 0 Å². The van der Waals surface area contributed by atoms with Crippen LogP contribution in [0.1, 0.15) is 6.42 Å². The highest BCUT2D eigenvalue weighted by Gasteiger charge is 2.41. The van der Waals surface area contributed by atoms with Crippen LogP contribution < -0.4 is 0 Å². The molecule has 1 atom stereocenters. The molecule has 0 aromatic carbocycles. The molecule has 58 valence electrons. The molecule has 1 aliphatic heterocycles. The van der Waals surface area contributed by atoms with Gasteiger partial charge in [-0.2, -0.15) is 0 Å². The molecule has 0 aromatic heterocycles. The van der Waals surface area contributed by atoms with Crippen molar-refractivity contribution in [3.05, 3.63) is 0 Å². The van der Waals surface area contributed by atoms with Crippen LogP contribution in [0.15, 0.2) is 0 Å². The first-order chi connectivity index (χ1) is 6.14. The van der Waals surface area contributed by atoms with Crippen molar-refractivity contribution < 1.29 is 4.79 Å². The fraction of sp³-hybridized carbons (Fsp3) is 0.833. The third-order valence-electron chi connectivity index (χ3n) is 2.28. The lowest BCUT2D eigenvalue weighted by Gasteiger charge is -2.35. The van der Waals surface area contributed by atoms with Crippen LogP contribution in [0.5, 0.6) is 0 Å². The van der Waals surface area contributed by atoms with Crippen molar-refractivity contribution in [2.45, 2.75) is 16.8 Å². The van der Waals surface area contributed by atoms with Crippen molar-refractivity contribution in [1.29, 1.82) is 0 Å². The first-order valence-electron chi connectivity index (χ1n) is 4.19. The van der Waals surface area contributed by atoms with Crippen LogP contribution in [0, 0.1) is 5.92 Å². The molecule has 1 saturated heterocycles. The van der Waals surface area contributed by atoms with Crippen LogP contribution in [0.25, 0.3) is 0 Å². The summed E-state index contributed by atoms with van der Waals surface area (Å²) in [5, 5.41) is -3.24. The average Bonchev–Trinajstić information content (AvgIpc) is 2.26. The number of nitrogens with zero attached hydrogens (tertiary/aromatic N) is 1. The summed E-state index contributed by atoms with van der Waals surface area (Å²) in [5.74, 6) is -1.11. The summed E-state index contributed by atoms with van der Waals surface area (Å²) in [4.78, 5) is 12.8. The highest BCUT2D eigenvalue weighted by atomic mass is 16.2. The van der Waals surface area contributed by atoms with Gasteiger partial charge < -0.3 is 4.90 Å². The van der Waals surface area contributed by atoms with E-state index in [0.29, 0.717) is 13.0 Å². The van der Waals surface area contributed by atoms with Gasteiger partial charge >= 0.3 is 0 Å². The third kappa shape index (κ3) is 2.26. The van der Waals surface area contributed by atoms with Crippen molar-refractivity contribution in [3.63, 3.8) is 0 Å². The normalized spacial score (nSPS) is 24.1. The molecule has 1 rings (SSSR count). The Bertz CT molecular complexity index is 220. The second-order valence-corrected chi connectivity index (χ2v) is 3.72. The first kappa shape index (κ1) is 11.9. The Balaban J connectivity index is 2.80. The number of rotatable bonds is 2. The average molecular weight is 172 g/mol. The Morgan fingerprint density at radius 2 is 1.64 bits per heavy atom. The van der Waals surface area contributed by atoms with E-state index in [-0.39, 0.29) is 0 Å². The predicted molar refractivity (Wildman–Crippen MR) is 59.8 cm³/mol. The molecule has 1 amide bonds. The molecule has 12 radical (unpaired) electrons. The number of likely N-dealkylation sites (tertiary alicyclic amines) is 1. The minimum atomic E-state index is -1.68. The van der Waals surface area contributed by atoms with Crippen LogP contribution in [-0.2, 0) is 4.79 Å². The monoisotopic (exact) mass is 173 g/mol. The van der Waals surface area contributed by atoms with Gasteiger partial charge in [-0.05, 0) is 6.42 Å². The van der Waals surface area contributed by atoms with Crippen molar-refractivity contribution in [2.75, 3.05) is 6.54 Å². The van der Waals surface area contributed by atoms with Gasteiger partial charge in [-0.1, -0.05) is 5.24 Å². The van der Waals surface area contributed by atoms with Gasteiger partial charge in [0.25, 0.3) is 0 Å². The van der Waals surface area contributed by atoms with E-state index in [1.807, 2.05) is 0 Å². The molecule has 0 aromatic rings. The summed E-state index contributed by atoms with van der Waals surface area (Å²) < 4.78 is 0. The second kappa shape index (κ2) is 3.46. The van der Waals surface area contributed by atoms with E-state index in [9.17, 15) is 4.79 Å². The maximum atomic E-state index is 11.6. The van der Waals surface area contributed by atoms with Crippen LogP contribution in [-0.4, -0.2) is 69.7 Å². The summed E-state index contributed by atoms with van der Waals surface area (Å²) >= 11 is 0. The molecule has 0 aliphatic carbocycles. The number of hydrogen-bond acceptors (Lipinski definition) is 1. The number of hydrogen-bond donors (Lipinski definition) is 0. The fourth-order valence-electron chi connectivity index (χ4n) is 1.53. The zero-order valence-electron chi connectivity index (χ0n) is 7.81. The summed E-state index contributed by atoms with van der Waals surface area (Å²) in [6, 6.07) is 0. The Kier molecular flexibility index (Phi) is 2.95. The molecular formula is C6H5B6NO. The molecule has 1 aliphatic rings. The van der Waals surface area contributed by atoms with E-state index in [4.69, 9.17) is 47.1 Å². The minimum absolute atomic E-state index is 0.306. The standard InChI is InChI=1S/C6H5B6NO/c7-5(8,9)3-1-2-13(4(3)14)6(10,11)12/h3H,1-2H2. The van der Waals surface area contributed by atoms with Gasteiger partial charge in [0.05, 0.1) is 47.1 Å². The third-order valence-corrected chi connectivity index (χ3v) is 2.28. The lowest BCUT2D eigenvalue weighted by atomic mass is 9.37. The Hall–Kier alpha value is -0.140. The predicted octanol–water partition coefficient (Wildman–Crippen LogP) is -2.47. The molecule has 8 heteroatoms. The summed E-state index contributed by atoms with van der Waals surface area (Å²) in [5.41, 5.74) is 0. The largest absolute Gasteiger partial charge is 0.362 e. The van der Waals surface area contributed by atoms with Crippen molar-refractivity contribution in [2.24, 2.45) is 5.92 Å². The highest BCUT2D eigenvalue weighted by Crippen LogP contribution is 2.34. The molecule has 14 heavy (non-hydrogen) atoms. The van der Waals surface area contributed by atoms with E-state index in [2.05, 4.69) is 0 Å². The molecule has 2 nitrogen and oxygen atoms in total. The second-order valence-electron chi connectivity index (χ2n) is 3.72. The first-order valence-corrected chi connectivity index (χ1v) is 4.19. The number of carbonyl (C=O) groups excluding carboxylic acids is 1. The SMILES string of the molecule is [B]C([B])([B])C1CCN(C([B])([B])[B])C1=O. The van der Waals surface area contributed by atoms with Gasteiger partial charge in [0.15, 0.2) is 0 Å². The van der Waals surface area contributed by atoms with Crippen molar-refractivity contribution in [3.8, 4) is 0 Å². The van der Waals surface area contributed by atoms with Gasteiger partial charge in [-0.25, -0.2) is 0 Å². The molecule has 1 fully saturated rings. The lowest BCUT2D eigenvalue weighted by Crippen LogP contribution is -2.52. The molecule has 1 heterocycles. The van der Waals surface area contributed by atoms with Crippen LogP contribution in [0.4, 0.5) is 0 Å². The maximum absolute atomic E-state index is 11.6. The number of amides is 1. The Morgan fingerprint density at radius 3 is 1.86 bits per heavy atom. The quantitative estimate of drug-likeness (QED) is 0.423. The van der Waals surface area contributed by atoms with Gasteiger partial charge in [-0.3, -0.25) is 4.79 Å². The minimum Gasteiger partial charge on any atom is -0.362 e. The van der Waals surface area contributed by atoms with Gasteiger partial charge in [-0.15, -0.1) is 5.11 Å². The van der Waals surface area contributed by atoms with E-state index in [1.54, 1.807) is 0 Å². The molecule has 1 unspecified atom stereocenters. The summed E-state index contributed by atoms with van der Waals surface area (Å²) in [6.45, 7) is 0.306. The Labute approximate surface area is 92.4 Å². The molecule has 0 N–H and O–H groups in total. The molecule has 0 bridgehead atoms. The summed E-state index contributed by atoms with van der Waals surface area (Å²) in [6.07, 6.45) is 0.398. The van der Waals surface area contributed by atoms with E-state index >= 15 is 0 Å². The summed E-state index contributed by atoms with van der Waals surface area (Å²) in [7, 11) is 32.4. The molecule has 0 saturated carbocycles. The molecular weight excluding hydrogens is 167 g/mol. The fourth-order valence-corrected chi connectivity index (χ4v) is 1.53. The smallest absolute Gasteiger partial charge is 0.222 e. The zero-order chi connectivity index (χ0) is 11.1. The van der Waals surface area contributed by atoms with Crippen LogP contribution >= 0.6 is 0 Å². The van der Waals surface area contributed by atoms with Gasteiger partial charge in [0, 0.05) is 12.5 Å². The maximum Gasteiger partial charge on any atom is 0.222 e. The lowest BCUT2D eigenvalue weighted by molar-refractivity contribution is -0.131. The zero-order valence-corrected chi connectivity index (χ0v) is 7.81. The Morgan fingerprint density at radius 1 is 1.14 bits per heavy atom. The van der Waals surface area contributed by atoms with Gasteiger partial charge in [0.1, 0.15) is 0 Å². The van der Waals surface area contributed by atoms with Crippen LogP contribution in [0.2, 0.25) is 5.11 Å². The topological polar surface area (TPSA) is 20.3 Å². The highest BCUT2D eigenvalue weighted by molar-refractivity contribution is 6.61. The van der Waals surface area contributed by atoms with Gasteiger partial charge in [0.2, 0.25) is 5.91 Å².